The van der Waals surface area contributed by atoms with Crippen molar-refractivity contribution in [1.82, 2.24) is 15.2 Å². The molecule has 0 aliphatic carbocycles. The molecule has 0 aliphatic rings. The fourth-order valence-electron chi connectivity index (χ4n) is 2.19. The topological polar surface area (TPSA) is 62.3 Å². The van der Waals surface area contributed by atoms with Crippen molar-refractivity contribution >= 4 is 34.5 Å². The van der Waals surface area contributed by atoms with Crippen LogP contribution in [0.1, 0.15) is 26.4 Å². The summed E-state index contributed by atoms with van der Waals surface area (Å²) < 4.78 is 0. The van der Waals surface area contributed by atoms with Gasteiger partial charge >= 0.3 is 0 Å². The average Bonchev–Trinajstić information content (AvgIpc) is 3.30. The van der Waals surface area contributed by atoms with Crippen LogP contribution < -0.4 is 5.32 Å². The predicted molar refractivity (Wildman–Crippen MR) is 101 cm³/mol. The first-order valence-corrected chi connectivity index (χ1v) is 9.44. The Kier molecular flexibility index (Phi) is 5.25. The number of nitrogens with one attached hydrogen (secondary N) is 1. The molecule has 1 N–H and O–H groups in total. The van der Waals surface area contributed by atoms with Crippen molar-refractivity contribution in [2.24, 2.45) is 0 Å². The Morgan fingerprint density at radius 3 is 2.52 bits per heavy atom. The van der Waals surface area contributed by atoms with Crippen molar-refractivity contribution < 1.29 is 9.59 Å². The first kappa shape index (κ1) is 17.3. The normalized spacial score (nSPS) is 10.5. The minimum Gasteiger partial charge on any atom is -0.347 e. The maximum atomic E-state index is 12.2. The highest BCUT2D eigenvalue weighted by molar-refractivity contribution is 7.14. The van der Waals surface area contributed by atoms with Gasteiger partial charge in [0.25, 0.3) is 11.8 Å². The number of benzene rings is 1. The molecule has 7 heteroatoms. The van der Waals surface area contributed by atoms with Crippen LogP contribution >= 0.6 is 22.7 Å². The van der Waals surface area contributed by atoms with Gasteiger partial charge < -0.3 is 10.2 Å². The Morgan fingerprint density at radius 2 is 1.88 bits per heavy atom. The van der Waals surface area contributed by atoms with Crippen LogP contribution in [0.5, 0.6) is 0 Å². The lowest BCUT2D eigenvalue weighted by Crippen LogP contribution is -2.23. The summed E-state index contributed by atoms with van der Waals surface area (Å²) in [4.78, 5) is 30.0. The lowest BCUT2D eigenvalue weighted by molar-refractivity contribution is 0.0827. The summed E-state index contributed by atoms with van der Waals surface area (Å²) >= 11 is 3.06. The van der Waals surface area contributed by atoms with Crippen molar-refractivity contribution in [2.75, 3.05) is 14.1 Å². The van der Waals surface area contributed by atoms with Gasteiger partial charge in [-0.25, -0.2) is 4.98 Å². The Labute approximate surface area is 154 Å². The molecule has 0 spiro atoms. The molecular formula is C18H17N3O2S2. The van der Waals surface area contributed by atoms with E-state index < -0.39 is 0 Å². The van der Waals surface area contributed by atoms with Crippen molar-refractivity contribution in [3.05, 3.63) is 63.3 Å². The van der Waals surface area contributed by atoms with E-state index >= 15 is 0 Å². The van der Waals surface area contributed by atoms with Crippen molar-refractivity contribution in [3.63, 3.8) is 0 Å². The Hall–Kier alpha value is -2.51. The summed E-state index contributed by atoms with van der Waals surface area (Å²) in [6.07, 6.45) is 0. The second-order valence-electron chi connectivity index (χ2n) is 5.63. The summed E-state index contributed by atoms with van der Waals surface area (Å²) in [7, 11) is 3.43. The summed E-state index contributed by atoms with van der Waals surface area (Å²) in [6.45, 7) is 0.389. The first-order chi connectivity index (χ1) is 12.0. The van der Waals surface area contributed by atoms with Crippen LogP contribution in [-0.2, 0) is 6.54 Å². The molecule has 0 unspecified atom stereocenters. The van der Waals surface area contributed by atoms with Gasteiger partial charge in [-0.2, -0.15) is 11.3 Å². The monoisotopic (exact) mass is 371 g/mol. The zero-order valence-electron chi connectivity index (χ0n) is 13.9. The number of rotatable bonds is 5. The number of nitrogens with zero attached hydrogens (tertiary/aromatic N) is 2. The van der Waals surface area contributed by atoms with E-state index in [-0.39, 0.29) is 11.8 Å². The van der Waals surface area contributed by atoms with Crippen LogP contribution in [0.25, 0.3) is 10.6 Å². The van der Waals surface area contributed by atoms with Gasteiger partial charge in [0.15, 0.2) is 0 Å². The van der Waals surface area contributed by atoms with E-state index in [1.165, 1.54) is 16.2 Å². The predicted octanol–water partition coefficient (Wildman–Crippen LogP) is 3.50. The van der Waals surface area contributed by atoms with E-state index in [1.54, 1.807) is 42.9 Å². The van der Waals surface area contributed by atoms with E-state index in [9.17, 15) is 9.59 Å². The molecule has 0 saturated carbocycles. The molecular weight excluding hydrogens is 354 g/mol. The quantitative estimate of drug-likeness (QED) is 0.747. The molecule has 1 aromatic carbocycles. The minimum absolute atomic E-state index is 0.0426. The maximum absolute atomic E-state index is 12.2. The number of thiazole rings is 1. The third-order valence-electron chi connectivity index (χ3n) is 3.57. The number of amides is 2. The lowest BCUT2D eigenvalue weighted by Gasteiger charge is -2.10. The van der Waals surface area contributed by atoms with E-state index in [1.807, 2.05) is 29.0 Å². The summed E-state index contributed by atoms with van der Waals surface area (Å²) in [5.41, 5.74) is 3.01. The van der Waals surface area contributed by atoms with Crippen LogP contribution in [0.4, 0.5) is 0 Å². The molecule has 2 heterocycles. The molecule has 3 rings (SSSR count). The molecule has 25 heavy (non-hydrogen) atoms. The third-order valence-corrected chi connectivity index (χ3v) is 5.14. The van der Waals surface area contributed by atoms with Gasteiger partial charge in [-0.1, -0.05) is 12.1 Å². The van der Waals surface area contributed by atoms with Gasteiger partial charge in [0.2, 0.25) is 0 Å². The van der Waals surface area contributed by atoms with Gasteiger partial charge in [0, 0.05) is 42.5 Å². The van der Waals surface area contributed by atoms with E-state index in [4.69, 9.17) is 0 Å². The molecule has 0 saturated heterocycles. The molecule has 3 aromatic rings. The highest BCUT2D eigenvalue weighted by Gasteiger charge is 2.12. The Balaban J connectivity index is 1.60. The van der Waals surface area contributed by atoms with E-state index in [0.29, 0.717) is 17.8 Å². The average molecular weight is 371 g/mol. The number of carbonyl (C=O) groups excluding carboxylic acids is 2. The highest BCUT2D eigenvalue weighted by atomic mass is 32.1. The van der Waals surface area contributed by atoms with E-state index in [2.05, 4.69) is 10.3 Å². The van der Waals surface area contributed by atoms with Crippen molar-refractivity contribution in [2.45, 2.75) is 6.54 Å². The Morgan fingerprint density at radius 1 is 1.12 bits per heavy atom. The summed E-state index contributed by atoms with van der Waals surface area (Å²) in [5.74, 6) is -0.245. The molecule has 0 bridgehead atoms. The number of carbonyl (C=O) groups is 2. The van der Waals surface area contributed by atoms with Crippen LogP contribution in [0.3, 0.4) is 0 Å². The van der Waals surface area contributed by atoms with Gasteiger partial charge in [-0.15, -0.1) is 11.3 Å². The summed E-state index contributed by atoms with van der Waals surface area (Å²) in [5, 5.41) is 9.47. The second-order valence-corrected chi connectivity index (χ2v) is 7.27. The van der Waals surface area contributed by atoms with E-state index in [0.717, 1.165) is 16.1 Å². The molecule has 2 aromatic heterocycles. The highest BCUT2D eigenvalue weighted by Crippen LogP contribution is 2.25. The van der Waals surface area contributed by atoms with Crippen LogP contribution in [0, 0.1) is 0 Å². The first-order valence-electron chi connectivity index (χ1n) is 7.61. The molecule has 0 radical (unpaired) electrons. The minimum atomic E-state index is -0.203. The number of hydrogen-bond donors (Lipinski definition) is 1. The smallest absolute Gasteiger partial charge is 0.271 e. The zero-order valence-corrected chi connectivity index (χ0v) is 15.5. The van der Waals surface area contributed by atoms with Gasteiger partial charge in [0.1, 0.15) is 10.7 Å². The fourth-order valence-corrected chi connectivity index (χ4v) is 3.71. The van der Waals surface area contributed by atoms with Crippen molar-refractivity contribution in [1.29, 1.82) is 0 Å². The second kappa shape index (κ2) is 7.58. The van der Waals surface area contributed by atoms with Crippen LogP contribution in [-0.4, -0.2) is 35.8 Å². The van der Waals surface area contributed by atoms with Crippen LogP contribution in [0.15, 0.2) is 46.5 Å². The zero-order chi connectivity index (χ0) is 17.8. The fraction of sp³-hybridized carbons (Fsp3) is 0.167. The SMILES string of the molecule is CN(C)C(=O)c1ccc(CNC(=O)c2csc(-c3ccsc3)n2)cc1. The lowest BCUT2D eigenvalue weighted by atomic mass is 10.1. The Bertz CT molecular complexity index is 868. The molecule has 0 fully saturated rings. The molecule has 0 aliphatic heterocycles. The number of thiophene rings is 1. The van der Waals surface area contributed by atoms with Crippen LogP contribution in [0.2, 0.25) is 0 Å². The number of aromatic nitrogens is 1. The largest absolute Gasteiger partial charge is 0.347 e. The standard InChI is InChI=1S/C18H17N3O2S2/c1-21(2)18(23)13-5-3-12(4-6-13)9-19-16(22)15-11-25-17(20-15)14-7-8-24-10-14/h3-8,10-11H,9H2,1-2H3,(H,19,22). The summed E-state index contributed by atoms with van der Waals surface area (Å²) in [6, 6.07) is 9.20. The maximum Gasteiger partial charge on any atom is 0.271 e. The van der Waals surface area contributed by atoms with Gasteiger partial charge in [-0.3, -0.25) is 9.59 Å². The molecule has 5 nitrogen and oxygen atoms in total. The molecule has 2 amide bonds. The molecule has 0 atom stereocenters. The third kappa shape index (κ3) is 4.12. The van der Waals surface area contributed by atoms with Gasteiger partial charge in [0.05, 0.1) is 0 Å². The van der Waals surface area contributed by atoms with Gasteiger partial charge in [-0.05, 0) is 29.1 Å². The van der Waals surface area contributed by atoms with Crippen molar-refractivity contribution in [3.8, 4) is 10.6 Å². The molecule has 128 valence electrons. The number of hydrogen-bond acceptors (Lipinski definition) is 5.